The van der Waals surface area contributed by atoms with E-state index in [1.807, 2.05) is 13.8 Å². The summed E-state index contributed by atoms with van der Waals surface area (Å²) in [6, 6.07) is 3.67. The van der Waals surface area contributed by atoms with E-state index >= 15 is 0 Å². The quantitative estimate of drug-likeness (QED) is 0.643. The summed E-state index contributed by atoms with van der Waals surface area (Å²) in [6.07, 6.45) is 3.71. The Labute approximate surface area is 189 Å². The third-order valence-corrected chi connectivity index (χ3v) is 6.67. The molecule has 3 saturated heterocycles. The van der Waals surface area contributed by atoms with Gasteiger partial charge in [0.15, 0.2) is 0 Å². The fourth-order valence-electron chi connectivity index (χ4n) is 5.19. The van der Waals surface area contributed by atoms with Crippen molar-refractivity contribution in [3.8, 4) is 0 Å². The first-order valence-electron chi connectivity index (χ1n) is 10.5. The van der Waals surface area contributed by atoms with Crippen LogP contribution in [0.3, 0.4) is 0 Å². The van der Waals surface area contributed by atoms with Gasteiger partial charge in [-0.3, -0.25) is 14.4 Å². The lowest BCUT2D eigenvalue weighted by atomic mass is 9.72. The van der Waals surface area contributed by atoms with E-state index in [1.165, 1.54) is 0 Å². The monoisotopic (exact) mass is 458 g/mol. The number of H-pyrrole nitrogens is 1. The van der Waals surface area contributed by atoms with Crippen molar-refractivity contribution in [1.29, 1.82) is 0 Å². The lowest BCUT2D eigenvalue weighted by Crippen LogP contribution is -2.66. The maximum atomic E-state index is 12.7. The average Bonchev–Trinajstić information content (AvgIpc) is 2.68. The van der Waals surface area contributed by atoms with Gasteiger partial charge in [0.1, 0.15) is 5.56 Å². The third-order valence-electron chi connectivity index (χ3n) is 6.67. The van der Waals surface area contributed by atoms with Crippen LogP contribution in [0, 0.1) is 11.8 Å². The molecule has 0 spiro atoms. The number of amides is 2. The van der Waals surface area contributed by atoms with E-state index in [2.05, 4.69) is 20.5 Å². The van der Waals surface area contributed by atoms with Crippen molar-refractivity contribution in [2.75, 3.05) is 19.6 Å². The molecule has 4 atom stereocenters. The number of carbonyl (C=O) groups is 2. The highest BCUT2D eigenvalue weighted by molar-refractivity contribution is 5.93. The molecule has 2 bridgehead atoms. The Hall–Kier alpha value is -1.57. The zero-order valence-corrected chi connectivity index (χ0v) is 19.1. The molecule has 4 heterocycles. The number of halogens is 2. The van der Waals surface area contributed by atoms with Crippen LogP contribution in [0.1, 0.15) is 61.5 Å². The first kappa shape index (κ1) is 24.7. The molecule has 3 fully saturated rings. The summed E-state index contributed by atoms with van der Waals surface area (Å²) in [5.41, 5.74) is 0.579. The normalized spacial score (nSPS) is 27.6. The fraction of sp³-hybridized carbons (Fsp3) is 0.667. The van der Waals surface area contributed by atoms with Crippen LogP contribution in [-0.2, 0) is 4.79 Å². The Balaban J connectivity index is 0.00000160. The molecule has 168 valence electrons. The number of nitrogens with one attached hydrogen (secondary N) is 3. The predicted molar refractivity (Wildman–Crippen MR) is 121 cm³/mol. The number of fused-ring (bicyclic) bond motifs is 4. The van der Waals surface area contributed by atoms with Crippen LogP contribution in [0.25, 0.3) is 0 Å². The minimum Gasteiger partial charge on any atom is -0.350 e. The molecule has 3 aliphatic rings. The van der Waals surface area contributed by atoms with Crippen LogP contribution in [0.5, 0.6) is 0 Å². The SMILES string of the molecule is CC(C)c1ccc(C(=O)NC[C@H]2[C@@H]3CNC[C@@H](C3)[C@@H]3CCCC(=O)N32)c(=O)[nH]1.Cl.Cl. The lowest BCUT2D eigenvalue weighted by Gasteiger charge is -2.54. The molecule has 9 heteroatoms. The molecule has 2 amide bonds. The van der Waals surface area contributed by atoms with Crippen molar-refractivity contribution >= 4 is 36.6 Å². The van der Waals surface area contributed by atoms with Gasteiger partial charge in [0, 0.05) is 31.2 Å². The molecular formula is C21H32Cl2N4O3. The first-order chi connectivity index (χ1) is 13.5. The number of carbonyl (C=O) groups excluding carboxylic acids is 2. The smallest absolute Gasteiger partial charge is 0.261 e. The van der Waals surface area contributed by atoms with Crippen molar-refractivity contribution < 1.29 is 9.59 Å². The Morgan fingerprint density at radius 1 is 1.20 bits per heavy atom. The van der Waals surface area contributed by atoms with Crippen molar-refractivity contribution in [3.05, 3.63) is 33.7 Å². The van der Waals surface area contributed by atoms with Gasteiger partial charge in [0.25, 0.3) is 11.5 Å². The number of rotatable bonds is 4. The minimum atomic E-state index is -0.372. The van der Waals surface area contributed by atoms with Crippen LogP contribution in [-0.4, -0.2) is 53.4 Å². The van der Waals surface area contributed by atoms with Crippen LogP contribution in [0.15, 0.2) is 16.9 Å². The molecule has 0 radical (unpaired) electrons. The Morgan fingerprint density at radius 2 is 1.93 bits per heavy atom. The molecule has 0 unspecified atom stereocenters. The molecule has 0 aromatic carbocycles. The summed E-state index contributed by atoms with van der Waals surface area (Å²) in [6.45, 7) is 6.22. The maximum absolute atomic E-state index is 12.7. The molecule has 0 saturated carbocycles. The molecule has 3 N–H and O–H groups in total. The topological polar surface area (TPSA) is 94.3 Å². The van der Waals surface area contributed by atoms with Crippen LogP contribution >= 0.6 is 24.8 Å². The average molecular weight is 459 g/mol. The number of piperidine rings is 3. The second kappa shape index (κ2) is 10.2. The molecule has 4 rings (SSSR count). The molecule has 0 aliphatic carbocycles. The van der Waals surface area contributed by atoms with Gasteiger partial charge >= 0.3 is 0 Å². The van der Waals surface area contributed by atoms with Crippen molar-refractivity contribution in [2.45, 2.75) is 57.5 Å². The van der Waals surface area contributed by atoms with E-state index in [1.54, 1.807) is 12.1 Å². The summed E-state index contributed by atoms with van der Waals surface area (Å²) in [4.78, 5) is 42.5. The Bertz CT molecular complexity index is 829. The zero-order chi connectivity index (χ0) is 19.8. The molecule has 1 aromatic rings. The van der Waals surface area contributed by atoms with Gasteiger partial charge < -0.3 is 20.5 Å². The van der Waals surface area contributed by atoms with E-state index in [0.717, 1.165) is 38.0 Å². The summed E-state index contributed by atoms with van der Waals surface area (Å²) in [5, 5.41) is 6.44. The minimum absolute atomic E-state index is 0. The van der Waals surface area contributed by atoms with Crippen molar-refractivity contribution in [1.82, 2.24) is 20.5 Å². The fourth-order valence-corrected chi connectivity index (χ4v) is 5.19. The van der Waals surface area contributed by atoms with Crippen molar-refractivity contribution in [3.63, 3.8) is 0 Å². The largest absolute Gasteiger partial charge is 0.350 e. The highest BCUT2D eigenvalue weighted by atomic mass is 35.5. The number of hydrogen-bond acceptors (Lipinski definition) is 4. The number of nitrogens with zero attached hydrogens (tertiary/aromatic N) is 1. The zero-order valence-electron chi connectivity index (χ0n) is 17.5. The van der Waals surface area contributed by atoms with E-state index in [4.69, 9.17) is 0 Å². The van der Waals surface area contributed by atoms with Gasteiger partial charge in [-0.05, 0) is 55.7 Å². The van der Waals surface area contributed by atoms with Gasteiger partial charge in [-0.25, -0.2) is 0 Å². The van der Waals surface area contributed by atoms with Gasteiger partial charge in [-0.1, -0.05) is 13.8 Å². The molecule has 3 aliphatic heterocycles. The van der Waals surface area contributed by atoms with E-state index in [-0.39, 0.29) is 65.8 Å². The third kappa shape index (κ3) is 4.68. The van der Waals surface area contributed by atoms with E-state index in [9.17, 15) is 14.4 Å². The summed E-state index contributed by atoms with van der Waals surface area (Å²) < 4.78 is 0. The number of hydrogen-bond donors (Lipinski definition) is 3. The van der Waals surface area contributed by atoms with E-state index < -0.39 is 0 Å². The molecular weight excluding hydrogens is 427 g/mol. The van der Waals surface area contributed by atoms with Crippen LogP contribution in [0.2, 0.25) is 0 Å². The Morgan fingerprint density at radius 3 is 2.63 bits per heavy atom. The first-order valence-corrected chi connectivity index (χ1v) is 10.5. The molecule has 1 aromatic heterocycles. The number of aromatic amines is 1. The van der Waals surface area contributed by atoms with Gasteiger partial charge in [0.2, 0.25) is 5.91 Å². The second-order valence-electron chi connectivity index (χ2n) is 8.76. The number of aromatic nitrogens is 1. The number of pyridine rings is 1. The summed E-state index contributed by atoms with van der Waals surface area (Å²) >= 11 is 0. The Kier molecular flexibility index (Phi) is 8.36. The summed E-state index contributed by atoms with van der Waals surface area (Å²) in [5.74, 6) is 0.899. The van der Waals surface area contributed by atoms with Crippen LogP contribution < -0.4 is 16.2 Å². The lowest BCUT2D eigenvalue weighted by molar-refractivity contribution is -0.148. The van der Waals surface area contributed by atoms with Gasteiger partial charge in [-0.2, -0.15) is 0 Å². The van der Waals surface area contributed by atoms with Crippen molar-refractivity contribution in [2.24, 2.45) is 11.8 Å². The molecule has 30 heavy (non-hydrogen) atoms. The predicted octanol–water partition coefficient (Wildman–Crippen LogP) is 2.06. The highest BCUT2D eigenvalue weighted by Gasteiger charge is 2.47. The summed E-state index contributed by atoms with van der Waals surface area (Å²) in [7, 11) is 0. The van der Waals surface area contributed by atoms with Crippen LogP contribution in [0.4, 0.5) is 0 Å². The molecule has 7 nitrogen and oxygen atoms in total. The maximum Gasteiger partial charge on any atom is 0.261 e. The standard InChI is InChI=1S/C21H30N4O3.2ClH/c1-12(2)16-7-6-15(21(28)24-16)20(27)23-11-18-14-8-13(9-22-10-14)17-4-3-5-19(26)25(17)18;;/h6-7,12-14,17-18,22H,3-5,8-11H2,1-2H3,(H,23,27)(H,24,28);2*1H/t13-,14+,17+,18+;;/m1../s1. The second-order valence-corrected chi connectivity index (χ2v) is 8.76. The van der Waals surface area contributed by atoms with E-state index in [0.29, 0.717) is 24.8 Å². The highest BCUT2D eigenvalue weighted by Crippen LogP contribution is 2.39. The van der Waals surface area contributed by atoms with Gasteiger partial charge in [0.05, 0.1) is 6.04 Å². The van der Waals surface area contributed by atoms with Gasteiger partial charge in [-0.15, -0.1) is 24.8 Å².